The van der Waals surface area contributed by atoms with Gasteiger partial charge in [-0.05, 0) is 31.2 Å². The van der Waals surface area contributed by atoms with E-state index >= 15 is 0 Å². The number of carbonyl (C=O) groups excluding carboxylic acids is 1. The number of benzene rings is 2. The molecule has 0 saturated heterocycles. The minimum atomic E-state index is -0.179. The van der Waals surface area contributed by atoms with Crippen LogP contribution in [0, 0.1) is 6.92 Å². The van der Waals surface area contributed by atoms with E-state index in [-0.39, 0.29) is 5.78 Å². The van der Waals surface area contributed by atoms with Gasteiger partial charge in [0.2, 0.25) is 0 Å². The molecule has 0 heterocycles. The molecule has 4 heteroatoms. The van der Waals surface area contributed by atoms with Crippen LogP contribution in [0.1, 0.15) is 21.5 Å². The number of nitrogen functional groups attached to an aromatic ring is 1. The number of hydrogen-bond acceptors (Lipinski definition) is 4. The van der Waals surface area contributed by atoms with Crippen molar-refractivity contribution in [2.24, 2.45) is 0 Å². The van der Waals surface area contributed by atoms with Crippen molar-refractivity contribution in [1.82, 2.24) is 0 Å². The van der Waals surface area contributed by atoms with Crippen LogP contribution in [-0.4, -0.2) is 20.0 Å². The van der Waals surface area contributed by atoms with Gasteiger partial charge in [0.1, 0.15) is 0 Å². The number of aryl methyl sites for hydroxylation is 1. The Hall–Kier alpha value is -2.49. The van der Waals surface area contributed by atoms with Crippen LogP contribution in [0.15, 0.2) is 36.4 Å². The normalized spacial score (nSPS) is 10.2. The summed E-state index contributed by atoms with van der Waals surface area (Å²) in [6, 6.07) is 10.6. The van der Waals surface area contributed by atoms with Crippen molar-refractivity contribution in [1.29, 1.82) is 0 Å². The van der Waals surface area contributed by atoms with Crippen LogP contribution in [0.2, 0.25) is 0 Å². The number of ketones is 1. The zero-order valence-corrected chi connectivity index (χ0v) is 11.8. The Bertz CT molecular complexity index is 650. The molecule has 104 valence electrons. The third-order valence-electron chi connectivity index (χ3n) is 3.10. The number of ether oxygens (including phenoxy) is 2. The molecule has 0 aliphatic rings. The van der Waals surface area contributed by atoms with Gasteiger partial charge in [0, 0.05) is 11.3 Å². The second kappa shape index (κ2) is 5.65. The van der Waals surface area contributed by atoms with Crippen molar-refractivity contribution in [2.75, 3.05) is 20.0 Å². The van der Waals surface area contributed by atoms with Crippen molar-refractivity contribution >= 4 is 11.5 Å². The minimum absolute atomic E-state index is 0.179. The number of carbonyl (C=O) groups is 1. The van der Waals surface area contributed by atoms with Crippen LogP contribution in [0.5, 0.6) is 11.5 Å². The Morgan fingerprint density at radius 3 is 2.45 bits per heavy atom. The van der Waals surface area contributed by atoms with Crippen LogP contribution in [0.4, 0.5) is 5.69 Å². The van der Waals surface area contributed by atoms with E-state index in [2.05, 4.69) is 0 Å². The maximum atomic E-state index is 12.7. The highest BCUT2D eigenvalue weighted by Gasteiger charge is 2.19. The first kappa shape index (κ1) is 13.9. The maximum Gasteiger partial charge on any atom is 0.198 e. The summed E-state index contributed by atoms with van der Waals surface area (Å²) < 4.78 is 10.5. The van der Waals surface area contributed by atoms with Gasteiger partial charge < -0.3 is 15.2 Å². The highest BCUT2D eigenvalue weighted by Crippen LogP contribution is 2.33. The smallest absolute Gasteiger partial charge is 0.198 e. The number of hydrogen-bond donors (Lipinski definition) is 1. The van der Waals surface area contributed by atoms with Crippen molar-refractivity contribution < 1.29 is 14.3 Å². The number of methoxy groups -OCH3 is 2. The Morgan fingerprint density at radius 1 is 1.05 bits per heavy atom. The Balaban J connectivity index is 2.56. The molecule has 0 aromatic heterocycles. The van der Waals surface area contributed by atoms with Crippen molar-refractivity contribution in [3.8, 4) is 11.5 Å². The summed E-state index contributed by atoms with van der Waals surface area (Å²) in [5.41, 5.74) is 8.23. The van der Waals surface area contributed by atoms with Gasteiger partial charge in [-0.3, -0.25) is 4.79 Å². The largest absolute Gasteiger partial charge is 0.493 e. The second-order valence-corrected chi connectivity index (χ2v) is 4.46. The van der Waals surface area contributed by atoms with E-state index in [4.69, 9.17) is 15.2 Å². The summed E-state index contributed by atoms with van der Waals surface area (Å²) in [6.07, 6.45) is 0. The first-order valence-electron chi connectivity index (χ1n) is 6.20. The van der Waals surface area contributed by atoms with Gasteiger partial charge in [-0.2, -0.15) is 0 Å². The lowest BCUT2D eigenvalue weighted by Crippen LogP contribution is -2.08. The summed E-state index contributed by atoms with van der Waals surface area (Å²) >= 11 is 0. The summed E-state index contributed by atoms with van der Waals surface area (Å²) in [7, 11) is 3.04. The van der Waals surface area contributed by atoms with E-state index < -0.39 is 0 Å². The van der Waals surface area contributed by atoms with Crippen LogP contribution >= 0.6 is 0 Å². The number of para-hydroxylation sites is 1. The first-order valence-corrected chi connectivity index (χ1v) is 6.20. The second-order valence-electron chi connectivity index (χ2n) is 4.46. The molecule has 0 unspecified atom stereocenters. The summed E-state index contributed by atoms with van der Waals surface area (Å²) in [6.45, 7) is 1.92. The topological polar surface area (TPSA) is 61.5 Å². The van der Waals surface area contributed by atoms with Crippen LogP contribution in [0.25, 0.3) is 0 Å². The molecule has 2 aromatic carbocycles. The maximum absolute atomic E-state index is 12.7. The lowest BCUT2D eigenvalue weighted by Gasteiger charge is -2.13. The zero-order valence-electron chi connectivity index (χ0n) is 11.8. The SMILES string of the molecule is COc1cccc(C(=O)c2cc(C)ccc2N)c1OC. The molecule has 0 aliphatic carbocycles. The fraction of sp³-hybridized carbons (Fsp3) is 0.188. The van der Waals surface area contributed by atoms with E-state index in [0.29, 0.717) is 28.3 Å². The van der Waals surface area contributed by atoms with Gasteiger partial charge in [-0.1, -0.05) is 17.7 Å². The third-order valence-corrected chi connectivity index (χ3v) is 3.10. The van der Waals surface area contributed by atoms with E-state index in [9.17, 15) is 4.79 Å². The fourth-order valence-corrected chi connectivity index (χ4v) is 2.08. The summed E-state index contributed by atoms with van der Waals surface area (Å²) in [5, 5.41) is 0. The average molecular weight is 271 g/mol. The number of rotatable bonds is 4. The Morgan fingerprint density at radius 2 is 1.80 bits per heavy atom. The Kier molecular flexibility index (Phi) is 3.94. The predicted molar refractivity (Wildman–Crippen MR) is 78.6 cm³/mol. The summed E-state index contributed by atoms with van der Waals surface area (Å²) in [5.74, 6) is 0.757. The molecule has 0 amide bonds. The van der Waals surface area contributed by atoms with Gasteiger partial charge in [-0.15, -0.1) is 0 Å². The Labute approximate surface area is 118 Å². The predicted octanol–water partition coefficient (Wildman–Crippen LogP) is 2.83. The molecule has 0 fully saturated rings. The van der Waals surface area contributed by atoms with E-state index in [1.165, 1.54) is 14.2 Å². The molecular formula is C16H17NO3. The molecule has 2 rings (SSSR count). The zero-order chi connectivity index (χ0) is 14.7. The molecule has 2 aromatic rings. The van der Waals surface area contributed by atoms with Crippen LogP contribution in [0.3, 0.4) is 0 Å². The molecule has 2 N–H and O–H groups in total. The van der Waals surface area contributed by atoms with Gasteiger partial charge in [0.05, 0.1) is 19.8 Å². The highest BCUT2D eigenvalue weighted by atomic mass is 16.5. The molecule has 4 nitrogen and oxygen atoms in total. The average Bonchev–Trinajstić information content (AvgIpc) is 2.48. The minimum Gasteiger partial charge on any atom is -0.493 e. The van der Waals surface area contributed by atoms with E-state index in [0.717, 1.165) is 5.56 Å². The first-order chi connectivity index (χ1) is 9.58. The number of anilines is 1. The van der Waals surface area contributed by atoms with Crippen molar-refractivity contribution in [3.05, 3.63) is 53.1 Å². The molecule has 20 heavy (non-hydrogen) atoms. The fourth-order valence-electron chi connectivity index (χ4n) is 2.08. The van der Waals surface area contributed by atoms with E-state index in [1.807, 2.05) is 13.0 Å². The molecule has 0 aliphatic heterocycles. The standard InChI is InChI=1S/C16H17NO3/c1-10-7-8-13(17)12(9-10)15(18)11-5-4-6-14(19-2)16(11)20-3/h4-9H,17H2,1-3H3. The van der Waals surface area contributed by atoms with Gasteiger partial charge in [0.25, 0.3) is 0 Å². The van der Waals surface area contributed by atoms with E-state index in [1.54, 1.807) is 30.3 Å². The lowest BCUT2D eigenvalue weighted by molar-refractivity contribution is 0.103. The third kappa shape index (κ3) is 2.45. The van der Waals surface area contributed by atoms with Gasteiger partial charge >= 0.3 is 0 Å². The molecular weight excluding hydrogens is 254 g/mol. The lowest BCUT2D eigenvalue weighted by atomic mass is 9.99. The summed E-state index contributed by atoms with van der Waals surface area (Å²) in [4.78, 5) is 12.7. The van der Waals surface area contributed by atoms with Crippen LogP contribution < -0.4 is 15.2 Å². The quantitative estimate of drug-likeness (QED) is 0.686. The monoisotopic (exact) mass is 271 g/mol. The number of nitrogens with two attached hydrogens (primary N) is 1. The molecule has 0 bridgehead atoms. The van der Waals surface area contributed by atoms with Gasteiger partial charge in [0.15, 0.2) is 17.3 Å². The molecule has 0 radical (unpaired) electrons. The highest BCUT2D eigenvalue weighted by molar-refractivity contribution is 6.14. The van der Waals surface area contributed by atoms with Crippen LogP contribution in [-0.2, 0) is 0 Å². The molecule has 0 spiro atoms. The van der Waals surface area contributed by atoms with Crippen molar-refractivity contribution in [2.45, 2.75) is 6.92 Å². The van der Waals surface area contributed by atoms with Crippen molar-refractivity contribution in [3.63, 3.8) is 0 Å². The molecule has 0 atom stereocenters. The van der Waals surface area contributed by atoms with Gasteiger partial charge in [-0.25, -0.2) is 0 Å². The molecule has 0 saturated carbocycles.